The second-order valence-electron chi connectivity index (χ2n) is 4.59. The first kappa shape index (κ1) is 13.1. The van der Waals surface area contributed by atoms with Crippen molar-refractivity contribution in [1.29, 1.82) is 0 Å². The maximum absolute atomic E-state index is 12.0. The molecule has 1 aliphatic heterocycles. The monoisotopic (exact) mass is 282 g/mol. The first-order chi connectivity index (χ1) is 10.2. The molecule has 0 saturated heterocycles. The van der Waals surface area contributed by atoms with Crippen molar-refractivity contribution < 1.29 is 14.3 Å². The van der Waals surface area contributed by atoms with E-state index in [9.17, 15) is 4.79 Å². The van der Waals surface area contributed by atoms with Crippen LogP contribution in [0.1, 0.15) is 5.56 Å². The van der Waals surface area contributed by atoms with Gasteiger partial charge in [0, 0.05) is 5.69 Å². The van der Waals surface area contributed by atoms with E-state index >= 15 is 0 Å². The summed E-state index contributed by atoms with van der Waals surface area (Å²) >= 11 is 0. The molecule has 106 valence electrons. The average molecular weight is 282 g/mol. The third-order valence-electron chi connectivity index (χ3n) is 3.11. The highest BCUT2D eigenvalue weighted by Crippen LogP contribution is 2.33. The van der Waals surface area contributed by atoms with Gasteiger partial charge in [-0.15, -0.1) is 0 Å². The van der Waals surface area contributed by atoms with Gasteiger partial charge in [0.05, 0.1) is 12.8 Å². The van der Waals surface area contributed by atoms with E-state index in [4.69, 9.17) is 15.2 Å². The lowest BCUT2D eigenvalue weighted by Crippen LogP contribution is -2.23. The molecular weight excluding hydrogens is 268 g/mol. The molecule has 0 fully saturated rings. The van der Waals surface area contributed by atoms with Crippen molar-refractivity contribution >= 4 is 23.4 Å². The highest BCUT2D eigenvalue weighted by molar-refractivity contribution is 6.08. The van der Waals surface area contributed by atoms with Gasteiger partial charge in [-0.05, 0) is 42.0 Å². The van der Waals surface area contributed by atoms with Crippen LogP contribution < -0.4 is 20.5 Å². The Labute approximate surface area is 122 Å². The number of nitrogens with two attached hydrogens (primary N) is 1. The number of ether oxygens (including phenoxy) is 2. The Kier molecular flexibility index (Phi) is 3.23. The lowest BCUT2D eigenvalue weighted by molar-refractivity contribution is -0.115. The number of nitrogens with one attached hydrogen (secondary N) is 1. The predicted octanol–water partition coefficient (Wildman–Crippen LogP) is 2.65. The summed E-state index contributed by atoms with van der Waals surface area (Å²) in [6, 6.07) is 12.5. The van der Waals surface area contributed by atoms with Crippen LogP contribution >= 0.6 is 0 Å². The van der Waals surface area contributed by atoms with Crippen LogP contribution in [0.25, 0.3) is 6.08 Å². The number of hydrogen-bond acceptors (Lipinski definition) is 4. The number of nitrogen functional groups attached to an aromatic ring is 1. The molecule has 2 aromatic carbocycles. The average Bonchev–Trinajstić information content (AvgIpc) is 2.49. The van der Waals surface area contributed by atoms with Crippen molar-refractivity contribution in [1.82, 2.24) is 0 Å². The highest BCUT2D eigenvalue weighted by Gasteiger charge is 2.21. The summed E-state index contributed by atoms with van der Waals surface area (Å²) < 4.78 is 10.7. The molecule has 1 heterocycles. The molecule has 0 aliphatic carbocycles. The molecule has 0 unspecified atom stereocenters. The largest absolute Gasteiger partial charge is 0.497 e. The van der Waals surface area contributed by atoms with Crippen LogP contribution in [0.5, 0.6) is 11.5 Å². The number of hydrogen-bond donors (Lipinski definition) is 2. The standard InChI is InChI=1S/C16H14N2O3/c1-20-12-5-2-10(3-6-12)8-15-16(19)18-13-9-11(17)4-7-14(13)21-15/h2-9H,17H2,1H3,(H,18,19)/b15-8+. The van der Waals surface area contributed by atoms with E-state index in [0.717, 1.165) is 11.3 Å². The molecule has 2 aromatic rings. The molecule has 1 aliphatic rings. The topological polar surface area (TPSA) is 73.6 Å². The fourth-order valence-corrected chi connectivity index (χ4v) is 2.03. The van der Waals surface area contributed by atoms with Gasteiger partial charge in [-0.25, -0.2) is 0 Å². The number of carbonyl (C=O) groups is 1. The van der Waals surface area contributed by atoms with Gasteiger partial charge in [0.15, 0.2) is 11.5 Å². The van der Waals surface area contributed by atoms with Crippen LogP contribution in [0.3, 0.4) is 0 Å². The zero-order valence-corrected chi connectivity index (χ0v) is 11.4. The van der Waals surface area contributed by atoms with Gasteiger partial charge in [0.1, 0.15) is 5.75 Å². The first-order valence-corrected chi connectivity index (χ1v) is 6.40. The third-order valence-corrected chi connectivity index (χ3v) is 3.11. The number of fused-ring (bicyclic) bond motifs is 1. The van der Waals surface area contributed by atoms with Crippen molar-refractivity contribution in [2.24, 2.45) is 0 Å². The molecule has 0 spiro atoms. The molecule has 0 radical (unpaired) electrons. The van der Waals surface area contributed by atoms with Gasteiger partial charge in [-0.2, -0.15) is 0 Å². The molecule has 0 aromatic heterocycles. The van der Waals surface area contributed by atoms with Gasteiger partial charge in [-0.3, -0.25) is 4.79 Å². The number of benzene rings is 2. The van der Waals surface area contributed by atoms with E-state index in [1.54, 1.807) is 31.4 Å². The minimum atomic E-state index is -0.302. The Bertz CT molecular complexity index is 721. The zero-order chi connectivity index (χ0) is 14.8. The first-order valence-electron chi connectivity index (χ1n) is 6.40. The normalized spacial score (nSPS) is 15.1. The molecular formula is C16H14N2O3. The lowest BCUT2D eigenvalue weighted by atomic mass is 10.1. The van der Waals surface area contributed by atoms with E-state index in [1.165, 1.54) is 0 Å². The molecule has 5 nitrogen and oxygen atoms in total. The van der Waals surface area contributed by atoms with Crippen LogP contribution in [0.15, 0.2) is 48.2 Å². The van der Waals surface area contributed by atoms with E-state index in [2.05, 4.69) is 5.32 Å². The van der Waals surface area contributed by atoms with Gasteiger partial charge >= 0.3 is 0 Å². The summed E-state index contributed by atoms with van der Waals surface area (Å²) in [5.41, 5.74) is 7.67. The predicted molar refractivity (Wildman–Crippen MR) is 81.1 cm³/mol. The number of amides is 1. The van der Waals surface area contributed by atoms with E-state index in [-0.39, 0.29) is 11.7 Å². The summed E-state index contributed by atoms with van der Waals surface area (Å²) in [5.74, 6) is 1.26. The van der Waals surface area contributed by atoms with Crippen molar-refractivity contribution in [3.8, 4) is 11.5 Å². The van der Waals surface area contributed by atoms with E-state index < -0.39 is 0 Å². The van der Waals surface area contributed by atoms with Crippen LogP contribution in [-0.2, 0) is 4.79 Å². The second-order valence-corrected chi connectivity index (χ2v) is 4.59. The summed E-state index contributed by atoms with van der Waals surface area (Å²) in [7, 11) is 1.60. The minimum Gasteiger partial charge on any atom is -0.497 e. The Hall–Kier alpha value is -2.95. The number of anilines is 2. The molecule has 0 atom stereocenters. The molecule has 21 heavy (non-hydrogen) atoms. The highest BCUT2D eigenvalue weighted by atomic mass is 16.5. The zero-order valence-electron chi connectivity index (χ0n) is 11.4. The van der Waals surface area contributed by atoms with Gasteiger partial charge in [-0.1, -0.05) is 12.1 Å². The number of rotatable bonds is 2. The van der Waals surface area contributed by atoms with Crippen LogP contribution in [0, 0.1) is 0 Å². The Morgan fingerprint density at radius 1 is 1.19 bits per heavy atom. The number of carbonyl (C=O) groups excluding carboxylic acids is 1. The van der Waals surface area contributed by atoms with Crippen molar-refractivity contribution in [2.75, 3.05) is 18.2 Å². The van der Waals surface area contributed by atoms with Crippen molar-refractivity contribution in [3.63, 3.8) is 0 Å². The molecule has 1 amide bonds. The summed E-state index contributed by atoms with van der Waals surface area (Å²) in [6.45, 7) is 0. The maximum atomic E-state index is 12.0. The van der Waals surface area contributed by atoms with Gasteiger partial charge in [0.2, 0.25) is 0 Å². The maximum Gasteiger partial charge on any atom is 0.291 e. The Balaban J connectivity index is 1.90. The minimum absolute atomic E-state index is 0.234. The van der Waals surface area contributed by atoms with Crippen LogP contribution in [0.4, 0.5) is 11.4 Å². The van der Waals surface area contributed by atoms with E-state index in [1.807, 2.05) is 24.3 Å². The van der Waals surface area contributed by atoms with Gasteiger partial charge < -0.3 is 20.5 Å². The molecule has 0 bridgehead atoms. The summed E-state index contributed by atoms with van der Waals surface area (Å²) in [6.07, 6.45) is 1.67. The van der Waals surface area contributed by atoms with Crippen LogP contribution in [-0.4, -0.2) is 13.0 Å². The van der Waals surface area contributed by atoms with Gasteiger partial charge in [0.25, 0.3) is 5.91 Å². The fourth-order valence-electron chi connectivity index (χ4n) is 2.03. The fraction of sp³-hybridized carbons (Fsp3) is 0.0625. The quantitative estimate of drug-likeness (QED) is 0.656. The Morgan fingerprint density at radius 2 is 1.95 bits per heavy atom. The second kappa shape index (κ2) is 5.20. The Morgan fingerprint density at radius 3 is 2.67 bits per heavy atom. The SMILES string of the molecule is COc1ccc(/C=C2/Oc3ccc(N)cc3NC2=O)cc1. The summed E-state index contributed by atoms with van der Waals surface area (Å²) in [5, 5.41) is 2.76. The summed E-state index contributed by atoms with van der Waals surface area (Å²) in [4.78, 5) is 12.0. The molecule has 3 N–H and O–H groups in total. The number of methoxy groups -OCH3 is 1. The third kappa shape index (κ3) is 2.67. The van der Waals surface area contributed by atoms with Crippen LogP contribution in [0.2, 0.25) is 0 Å². The van der Waals surface area contributed by atoms with Crippen molar-refractivity contribution in [2.45, 2.75) is 0 Å². The molecule has 3 rings (SSSR count). The smallest absolute Gasteiger partial charge is 0.291 e. The lowest BCUT2D eigenvalue weighted by Gasteiger charge is -2.20. The van der Waals surface area contributed by atoms with E-state index in [0.29, 0.717) is 17.1 Å². The van der Waals surface area contributed by atoms with Crippen molar-refractivity contribution in [3.05, 3.63) is 53.8 Å². The molecule has 5 heteroatoms. The molecule has 0 saturated carbocycles.